The zero-order valence-corrected chi connectivity index (χ0v) is 35.1. The van der Waals surface area contributed by atoms with E-state index in [9.17, 15) is 19.2 Å². The third kappa shape index (κ3) is 13.2. The first kappa shape index (κ1) is 45.1. The summed E-state index contributed by atoms with van der Waals surface area (Å²) in [6.45, 7) is 22.0. The van der Waals surface area contributed by atoms with E-state index < -0.39 is 54.6 Å². The lowest BCUT2D eigenvalue weighted by atomic mass is 9.83. The molecule has 1 saturated heterocycles. The van der Waals surface area contributed by atoms with Gasteiger partial charge in [0.15, 0.2) is 12.2 Å². The zero-order chi connectivity index (χ0) is 40.3. The van der Waals surface area contributed by atoms with Crippen LogP contribution in [0.4, 0.5) is 0 Å². The maximum atomic E-state index is 12.4. The van der Waals surface area contributed by atoms with Gasteiger partial charge in [-0.2, -0.15) is 0 Å². The minimum atomic E-state index is -1.32. The second-order valence-corrected chi connectivity index (χ2v) is 16.6. The van der Waals surface area contributed by atoms with Crippen LogP contribution in [0.25, 0.3) is 0 Å². The van der Waals surface area contributed by atoms with Gasteiger partial charge in [-0.3, -0.25) is 19.2 Å². The Kier molecular flexibility index (Phi) is 17.1. The summed E-state index contributed by atoms with van der Waals surface area (Å²) in [5, 5.41) is 0. The lowest BCUT2D eigenvalue weighted by Gasteiger charge is -2.44. The normalized spacial score (nSPS) is 24.8. The molecule has 1 aromatic carbocycles. The highest BCUT2D eigenvalue weighted by Gasteiger charge is 2.53. The topological polar surface area (TPSA) is 133 Å². The van der Waals surface area contributed by atoms with Crippen LogP contribution < -0.4 is 9.47 Å². The lowest BCUT2D eigenvalue weighted by molar-refractivity contribution is -0.288. The predicted molar refractivity (Wildman–Crippen MR) is 205 cm³/mol. The van der Waals surface area contributed by atoms with Gasteiger partial charge in [-0.15, -0.1) is 0 Å². The Morgan fingerprint density at radius 3 is 1.80 bits per heavy atom. The average Bonchev–Trinajstić information content (AvgIpc) is 3.06. The van der Waals surface area contributed by atoms with Crippen molar-refractivity contribution >= 4 is 23.9 Å². The van der Waals surface area contributed by atoms with Crippen molar-refractivity contribution in [2.45, 2.75) is 190 Å². The van der Waals surface area contributed by atoms with Crippen molar-refractivity contribution in [3.63, 3.8) is 0 Å². The van der Waals surface area contributed by atoms with Crippen LogP contribution in [0.3, 0.4) is 0 Å². The quantitative estimate of drug-likeness (QED) is 0.0992. The molecule has 0 aliphatic carbocycles. The van der Waals surface area contributed by atoms with Crippen molar-refractivity contribution in [2.24, 2.45) is 17.8 Å². The van der Waals surface area contributed by atoms with E-state index in [0.29, 0.717) is 11.7 Å². The first-order chi connectivity index (χ1) is 25.3. The summed E-state index contributed by atoms with van der Waals surface area (Å²) < 4.78 is 41.7. The van der Waals surface area contributed by atoms with Crippen molar-refractivity contribution in [2.75, 3.05) is 6.61 Å². The van der Waals surface area contributed by atoms with E-state index >= 15 is 0 Å². The van der Waals surface area contributed by atoms with Crippen molar-refractivity contribution < 1.29 is 52.3 Å². The first-order valence-corrected chi connectivity index (χ1v) is 20.1. The second kappa shape index (κ2) is 20.5. The van der Waals surface area contributed by atoms with Gasteiger partial charge >= 0.3 is 23.9 Å². The lowest BCUT2D eigenvalue weighted by Crippen LogP contribution is -2.63. The molecular weight excluding hydrogens is 692 g/mol. The first-order valence-electron chi connectivity index (χ1n) is 20.1. The van der Waals surface area contributed by atoms with Crippen LogP contribution in [-0.2, 0) is 49.3 Å². The fourth-order valence-electron chi connectivity index (χ4n) is 7.84. The molecule has 1 aromatic rings. The van der Waals surface area contributed by atoms with E-state index in [2.05, 4.69) is 34.6 Å². The van der Waals surface area contributed by atoms with Crippen LogP contribution in [0.15, 0.2) is 0 Å². The van der Waals surface area contributed by atoms with Crippen molar-refractivity contribution in [1.82, 2.24) is 0 Å². The highest BCUT2D eigenvalue weighted by Crippen LogP contribution is 2.46. The number of benzene rings is 1. The highest BCUT2D eigenvalue weighted by atomic mass is 16.7. The Labute approximate surface area is 323 Å². The van der Waals surface area contributed by atoms with Gasteiger partial charge in [0.05, 0.1) is 0 Å². The summed E-state index contributed by atoms with van der Waals surface area (Å²) in [6, 6.07) is 0. The molecule has 54 heavy (non-hydrogen) atoms. The van der Waals surface area contributed by atoms with E-state index in [1.807, 2.05) is 20.8 Å². The Bertz CT molecular complexity index is 1440. The number of fused-ring (bicyclic) bond motifs is 1. The summed E-state index contributed by atoms with van der Waals surface area (Å²) in [4.78, 5) is 48.6. The summed E-state index contributed by atoms with van der Waals surface area (Å²) in [6.07, 6.45) is 6.49. The van der Waals surface area contributed by atoms with E-state index in [1.54, 1.807) is 0 Å². The van der Waals surface area contributed by atoms with Crippen LogP contribution in [0, 0.1) is 38.5 Å². The molecule has 11 heteroatoms. The molecular formula is C43H68O11. The molecule has 0 N–H and O–H groups in total. The van der Waals surface area contributed by atoms with Crippen LogP contribution in [0.1, 0.15) is 149 Å². The van der Waals surface area contributed by atoms with Gasteiger partial charge in [-0.25, -0.2) is 0 Å². The van der Waals surface area contributed by atoms with Gasteiger partial charge in [0.2, 0.25) is 12.4 Å². The number of hydrogen-bond acceptors (Lipinski definition) is 11. The molecule has 0 spiro atoms. The Balaban J connectivity index is 1.77. The third-order valence-corrected chi connectivity index (χ3v) is 11.0. The average molecular weight is 761 g/mol. The molecule has 0 aromatic heterocycles. The summed E-state index contributed by atoms with van der Waals surface area (Å²) in [5.74, 6) is 0.997. The van der Waals surface area contributed by atoms with E-state index in [4.69, 9.17) is 33.2 Å². The summed E-state index contributed by atoms with van der Waals surface area (Å²) >= 11 is 0. The van der Waals surface area contributed by atoms with Crippen molar-refractivity contribution in [1.29, 1.82) is 0 Å². The van der Waals surface area contributed by atoms with Gasteiger partial charge in [0.1, 0.15) is 29.8 Å². The number of hydrogen-bond donors (Lipinski definition) is 0. The Morgan fingerprint density at radius 1 is 0.704 bits per heavy atom. The van der Waals surface area contributed by atoms with Gasteiger partial charge in [0, 0.05) is 33.3 Å². The fourth-order valence-corrected chi connectivity index (χ4v) is 7.84. The van der Waals surface area contributed by atoms with Gasteiger partial charge in [0.25, 0.3) is 0 Å². The summed E-state index contributed by atoms with van der Waals surface area (Å²) in [7, 11) is 0. The molecule has 11 nitrogen and oxygen atoms in total. The van der Waals surface area contributed by atoms with Crippen molar-refractivity contribution in [3.8, 4) is 11.5 Å². The van der Waals surface area contributed by atoms with Gasteiger partial charge in [-0.1, -0.05) is 72.6 Å². The van der Waals surface area contributed by atoms with E-state index in [1.165, 1.54) is 72.6 Å². The van der Waals surface area contributed by atoms with E-state index in [-0.39, 0.29) is 12.2 Å². The predicted octanol–water partition coefficient (Wildman–Crippen LogP) is 8.60. The van der Waals surface area contributed by atoms with Crippen LogP contribution >= 0.6 is 0 Å². The molecule has 2 heterocycles. The van der Waals surface area contributed by atoms with Crippen LogP contribution in [-0.4, -0.2) is 66.8 Å². The van der Waals surface area contributed by atoms with Crippen LogP contribution in [0.5, 0.6) is 11.5 Å². The molecule has 306 valence electrons. The van der Waals surface area contributed by atoms with Gasteiger partial charge in [-0.05, 0) is 87.8 Å². The van der Waals surface area contributed by atoms with Crippen LogP contribution in [0.2, 0.25) is 0 Å². The SMILES string of the molecule is CC(=O)OC[C@H]1O[C@@H](Oc2c(C)c(C)c3c(c2C)CCC(C)(CCCC(C)CCCC(C)CCCC(C)C)O3)[C@H](OC(C)=O)[C@@H](OC(C)=O)[C@H]1OC(C)=O. The summed E-state index contributed by atoms with van der Waals surface area (Å²) in [5.41, 5.74) is 3.35. The maximum absolute atomic E-state index is 12.4. The minimum absolute atomic E-state index is 0.288. The molecule has 8 atom stereocenters. The molecule has 0 amide bonds. The molecule has 2 aliphatic rings. The van der Waals surface area contributed by atoms with Crippen molar-refractivity contribution in [3.05, 3.63) is 22.3 Å². The number of carbonyl (C=O) groups excluding carboxylic acids is 4. The highest BCUT2D eigenvalue weighted by molar-refractivity contribution is 5.69. The molecule has 0 radical (unpaired) electrons. The zero-order valence-electron chi connectivity index (χ0n) is 35.1. The molecule has 2 aliphatic heterocycles. The fraction of sp³-hybridized carbons (Fsp3) is 0.767. The molecule has 0 saturated carbocycles. The van der Waals surface area contributed by atoms with E-state index in [0.717, 1.165) is 65.5 Å². The standard InChI is InChI=1S/C43H68O11/c1-25(2)16-13-17-26(3)18-14-19-27(4)20-15-22-43(12)23-21-35-30(7)37(28(5)29(6)38(35)54-43)53-42-41(51-34(11)47)40(50-33(10)46)39(49-32(9)45)36(52-42)24-48-31(8)44/h25-27,36,39-42H,13-24H2,1-12H3/t26?,27?,36-,39+,40+,41-,42+,43?/m1/s1. The van der Waals surface area contributed by atoms with Gasteiger partial charge < -0.3 is 33.2 Å². The molecule has 3 unspecified atom stereocenters. The Morgan fingerprint density at radius 2 is 1.24 bits per heavy atom. The maximum Gasteiger partial charge on any atom is 0.303 e. The number of ether oxygens (including phenoxy) is 7. The second-order valence-electron chi connectivity index (χ2n) is 16.6. The number of carbonyl (C=O) groups is 4. The molecule has 1 fully saturated rings. The Hall–Kier alpha value is -3.34. The number of esters is 4. The monoisotopic (exact) mass is 760 g/mol. The molecule has 0 bridgehead atoms. The largest absolute Gasteiger partial charge is 0.487 e. The molecule has 3 rings (SSSR count). The smallest absolute Gasteiger partial charge is 0.303 e. The minimum Gasteiger partial charge on any atom is -0.487 e. The third-order valence-electron chi connectivity index (χ3n) is 11.0. The number of rotatable bonds is 19.